The minimum absolute atomic E-state index is 0.205. The van der Waals surface area contributed by atoms with Crippen LogP contribution < -0.4 is 4.90 Å². The van der Waals surface area contributed by atoms with Gasteiger partial charge in [-0.3, -0.25) is 4.57 Å². The number of fused-ring (bicyclic) bond motifs is 3. The van der Waals surface area contributed by atoms with Gasteiger partial charge in [-0.1, -0.05) is 6.92 Å². The molecular formula is C13H15ClN6. The van der Waals surface area contributed by atoms with Crippen LogP contribution in [0.3, 0.4) is 0 Å². The van der Waals surface area contributed by atoms with E-state index in [1.54, 1.807) is 12.5 Å². The molecular weight excluding hydrogens is 276 g/mol. The van der Waals surface area contributed by atoms with E-state index in [9.17, 15) is 0 Å². The molecule has 0 radical (unpaired) electrons. The molecule has 1 aliphatic heterocycles. The van der Waals surface area contributed by atoms with Gasteiger partial charge in [-0.25, -0.2) is 4.98 Å². The molecule has 104 valence electrons. The van der Waals surface area contributed by atoms with E-state index in [0.29, 0.717) is 0 Å². The number of anilines is 1. The topological polar surface area (TPSA) is 59.7 Å². The molecule has 2 aromatic rings. The lowest BCUT2D eigenvalue weighted by molar-refractivity contribution is 0.522. The van der Waals surface area contributed by atoms with Gasteiger partial charge >= 0.3 is 0 Å². The lowest BCUT2D eigenvalue weighted by Gasteiger charge is -2.36. The van der Waals surface area contributed by atoms with Crippen molar-refractivity contribution in [2.24, 2.45) is 5.92 Å². The van der Waals surface area contributed by atoms with E-state index < -0.39 is 0 Å². The van der Waals surface area contributed by atoms with Crippen molar-refractivity contribution in [1.29, 1.82) is 0 Å². The fraction of sp³-hybridized carbons (Fsp3) is 0.538. The van der Waals surface area contributed by atoms with E-state index in [4.69, 9.17) is 11.6 Å². The molecule has 7 heteroatoms. The van der Waals surface area contributed by atoms with Crippen LogP contribution in [0.5, 0.6) is 0 Å². The lowest BCUT2D eigenvalue weighted by Crippen LogP contribution is -2.37. The molecule has 0 N–H and O–H groups in total. The summed E-state index contributed by atoms with van der Waals surface area (Å²) in [5, 5.41) is 8.63. The SMILES string of the molecule is CC[C@@H]1c2nncn2-c2cnc(Cl)nc2N1CC1CC1. The first-order valence-electron chi connectivity index (χ1n) is 6.97. The molecule has 0 bridgehead atoms. The minimum Gasteiger partial charge on any atom is -0.344 e. The summed E-state index contributed by atoms with van der Waals surface area (Å²) in [6.07, 6.45) is 7.04. The van der Waals surface area contributed by atoms with Crippen LogP contribution >= 0.6 is 11.6 Å². The summed E-state index contributed by atoms with van der Waals surface area (Å²) < 4.78 is 1.98. The van der Waals surface area contributed by atoms with Gasteiger partial charge < -0.3 is 4.90 Å². The highest BCUT2D eigenvalue weighted by Crippen LogP contribution is 2.41. The summed E-state index contributed by atoms with van der Waals surface area (Å²) in [7, 11) is 0. The Morgan fingerprint density at radius 1 is 1.40 bits per heavy atom. The Morgan fingerprint density at radius 3 is 3.00 bits per heavy atom. The summed E-state index contributed by atoms with van der Waals surface area (Å²) in [6, 6.07) is 0.205. The number of hydrogen-bond acceptors (Lipinski definition) is 5. The number of halogens is 1. The second kappa shape index (κ2) is 4.41. The Labute approximate surface area is 121 Å². The van der Waals surface area contributed by atoms with Crippen molar-refractivity contribution < 1.29 is 0 Å². The van der Waals surface area contributed by atoms with Crippen LogP contribution in [0.4, 0.5) is 5.82 Å². The van der Waals surface area contributed by atoms with E-state index >= 15 is 0 Å². The first kappa shape index (κ1) is 12.1. The molecule has 2 aliphatic rings. The Morgan fingerprint density at radius 2 is 2.25 bits per heavy atom. The molecule has 0 aromatic carbocycles. The summed E-state index contributed by atoms with van der Waals surface area (Å²) in [4.78, 5) is 10.9. The zero-order valence-corrected chi connectivity index (χ0v) is 12.0. The fourth-order valence-corrected chi connectivity index (χ4v) is 2.99. The molecule has 1 saturated carbocycles. The molecule has 2 aromatic heterocycles. The van der Waals surface area contributed by atoms with Crippen LogP contribution in [0.15, 0.2) is 12.5 Å². The van der Waals surface area contributed by atoms with E-state index in [1.807, 2.05) is 4.57 Å². The van der Waals surface area contributed by atoms with Crippen molar-refractivity contribution in [3.05, 3.63) is 23.6 Å². The minimum atomic E-state index is 0.205. The molecule has 0 spiro atoms. The van der Waals surface area contributed by atoms with Crippen LogP contribution in [0.1, 0.15) is 38.1 Å². The quantitative estimate of drug-likeness (QED) is 0.812. The molecule has 1 fully saturated rings. The Hall–Kier alpha value is -1.69. The van der Waals surface area contributed by atoms with Crippen molar-refractivity contribution in [2.75, 3.05) is 11.4 Å². The number of rotatable bonds is 3. The predicted molar refractivity (Wildman–Crippen MR) is 75.1 cm³/mol. The third-order valence-electron chi connectivity index (χ3n) is 4.04. The Balaban J connectivity index is 1.88. The first-order valence-corrected chi connectivity index (χ1v) is 7.35. The van der Waals surface area contributed by atoms with Gasteiger partial charge in [-0.05, 0) is 36.8 Å². The second-order valence-electron chi connectivity index (χ2n) is 5.43. The third-order valence-corrected chi connectivity index (χ3v) is 4.22. The summed E-state index contributed by atoms with van der Waals surface area (Å²) in [5.74, 6) is 2.63. The van der Waals surface area contributed by atoms with Gasteiger partial charge in [0, 0.05) is 6.54 Å². The van der Waals surface area contributed by atoms with Gasteiger partial charge in [0.25, 0.3) is 0 Å². The summed E-state index contributed by atoms with van der Waals surface area (Å²) in [6.45, 7) is 3.17. The maximum Gasteiger partial charge on any atom is 0.224 e. The smallest absolute Gasteiger partial charge is 0.224 e. The maximum atomic E-state index is 6.00. The van der Waals surface area contributed by atoms with Gasteiger partial charge in [0.05, 0.1) is 12.2 Å². The van der Waals surface area contributed by atoms with Crippen molar-refractivity contribution in [3.8, 4) is 5.69 Å². The monoisotopic (exact) mass is 290 g/mol. The molecule has 20 heavy (non-hydrogen) atoms. The van der Waals surface area contributed by atoms with Gasteiger partial charge in [0.2, 0.25) is 5.28 Å². The number of hydrogen-bond donors (Lipinski definition) is 0. The maximum absolute atomic E-state index is 6.00. The van der Waals surface area contributed by atoms with Crippen molar-refractivity contribution in [2.45, 2.75) is 32.2 Å². The average Bonchev–Trinajstić information content (AvgIpc) is 3.13. The highest BCUT2D eigenvalue weighted by Gasteiger charge is 2.36. The van der Waals surface area contributed by atoms with E-state index in [1.165, 1.54) is 12.8 Å². The standard InChI is InChI=1S/C13H15ClN6/c1-2-9-12-18-16-7-20(12)10-5-15-13(14)17-11(10)19(9)6-8-3-4-8/h5,7-9H,2-4,6H2,1H3/t9-/m1/s1. The van der Waals surface area contributed by atoms with Crippen LogP contribution in [0.2, 0.25) is 5.28 Å². The van der Waals surface area contributed by atoms with Crippen molar-refractivity contribution in [1.82, 2.24) is 24.7 Å². The van der Waals surface area contributed by atoms with Gasteiger partial charge in [0.1, 0.15) is 12.0 Å². The second-order valence-corrected chi connectivity index (χ2v) is 5.76. The number of aromatic nitrogens is 5. The molecule has 0 saturated heterocycles. The molecule has 0 unspecified atom stereocenters. The average molecular weight is 291 g/mol. The highest BCUT2D eigenvalue weighted by atomic mass is 35.5. The summed E-state index contributed by atoms with van der Waals surface area (Å²) >= 11 is 6.00. The lowest BCUT2D eigenvalue weighted by atomic mass is 10.1. The molecule has 0 amide bonds. The van der Waals surface area contributed by atoms with Crippen LogP contribution in [0.25, 0.3) is 5.69 Å². The molecule has 1 aliphatic carbocycles. The zero-order valence-electron chi connectivity index (χ0n) is 11.2. The van der Waals surface area contributed by atoms with E-state index in [0.717, 1.165) is 36.2 Å². The highest BCUT2D eigenvalue weighted by molar-refractivity contribution is 6.28. The predicted octanol–water partition coefficient (Wildman–Crippen LogP) is 2.39. The van der Waals surface area contributed by atoms with Crippen LogP contribution in [-0.2, 0) is 0 Å². The zero-order chi connectivity index (χ0) is 13.7. The van der Waals surface area contributed by atoms with E-state index in [2.05, 4.69) is 32.0 Å². The van der Waals surface area contributed by atoms with E-state index in [-0.39, 0.29) is 11.3 Å². The van der Waals surface area contributed by atoms with Gasteiger partial charge in [-0.2, -0.15) is 4.98 Å². The molecule has 1 atom stereocenters. The number of nitrogens with zero attached hydrogens (tertiary/aromatic N) is 6. The molecule has 6 nitrogen and oxygen atoms in total. The Bertz CT molecular complexity index is 650. The summed E-state index contributed by atoms with van der Waals surface area (Å²) in [5.41, 5.74) is 0.916. The Kier molecular flexibility index (Phi) is 2.66. The van der Waals surface area contributed by atoms with Crippen molar-refractivity contribution in [3.63, 3.8) is 0 Å². The van der Waals surface area contributed by atoms with Crippen LogP contribution in [0, 0.1) is 5.92 Å². The van der Waals surface area contributed by atoms with Crippen LogP contribution in [-0.4, -0.2) is 31.3 Å². The third kappa shape index (κ3) is 1.78. The van der Waals surface area contributed by atoms with Gasteiger partial charge in [-0.15, -0.1) is 10.2 Å². The molecule has 3 heterocycles. The molecule has 4 rings (SSSR count). The van der Waals surface area contributed by atoms with Crippen molar-refractivity contribution >= 4 is 17.4 Å². The van der Waals surface area contributed by atoms with Gasteiger partial charge in [0.15, 0.2) is 11.6 Å². The first-order chi connectivity index (χ1) is 9.78. The normalized spacial score (nSPS) is 20.7. The fourth-order valence-electron chi connectivity index (χ4n) is 2.87. The largest absolute Gasteiger partial charge is 0.344 e.